The van der Waals surface area contributed by atoms with Gasteiger partial charge in [-0.25, -0.2) is 0 Å². The Kier molecular flexibility index (Phi) is 61.5. The van der Waals surface area contributed by atoms with E-state index in [4.69, 9.17) is 28.4 Å². The van der Waals surface area contributed by atoms with Crippen LogP contribution in [0, 0.1) is 0 Å². The minimum atomic E-state index is -1.97. The largest absolute Gasteiger partial charge is 0.394 e. The third-order valence-corrected chi connectivity index (χ3v) is 22.3. The highest BCUT2D eigenvalue weighted by atomic mass is 16.8. The summed E-state index contributed by atoms with van der Waals surface area (Å²) in [5, 5.41) is 121. The fourth-order valence-electron chi connectivity index (χ4n) is 15.3. The van der Waals surface area contributed by atoms with Crippen LogP contribution in [0.4, 0.5) is 0 Å². The van der Waals surface area contributed by atoms with Crippen LogP contribution >= 0.6 is 0 Å². The van der Waals surface area contributed by atoms with E-state index in [0.717, 1.165) is 44.9 Å². The molecule has 0 aromatic rings. The predicted molar refractivity (Wildman–Crippen MR) is 416 cm³/mol. The first kappa shape index (κ1) is 96.7. The van der Waals surface area contributed by atoms with Gasteiger partial charge < -0.3 is 89.9 Å². The van der Waals surface area contributed by atoms with Crippen molar-refractivity contribution in [3.8, 4) is 0 Å². The van der Waals surface area contributed by atoms with Crippen LogP contribution in [0.5, 0.6) is 0 Å². The minimum absolute atomic E-state index is 0.233. The molecule has 3 aliphatic heterocycles. The topological polar surface area (TPSA) is 307 Å². The molecule has 0 spiro atoms. The van der Waals surface area contributed by atoms with E-state index in [1.54, 1.807) is 0 Å². The lowest BCUT2D eigenvalue weighted by Crippen LogP contribution is -2.66. The Morgan fingerprint density at radius 3 is 0.933 bits per heavy atom. The summed E-state index contributed by atoms with van der Waals surface area (Å²) in [5.41, 5.74) is 0. The molecule has 3 saturated heterocycles. The van der Waals surface area contributed by atoms with Crippen molar-refractivity contribution < 1.29 is 89.4 Å². The van der Waals surface area contributed by atoms with Gasteiger partial charge in [-0.15, -0.1) is 0 Å². The fourth-order valence-corrected chi connectivity index (χ4v) is 15.3. The number of hydrogen-bond acceptors (Lipinski definition) is 18. The SMILES string of the molecule is CCCCCCCCCC/C=C\CCCCCCCCCCCCCCCCCCCCCCCCCCCCCC(=O)NC(COC1OC(CO)C(OC2OC(CO)C(OC3OC(CO)C(O)C(O)C3O)C(O)C2O)C(O)C1O)C(O)CCCCCCCCCCCCCCCCCCCCCC. The van der Waals surface area contributed by atoms with E-state index in [2.05, 4.69) is 31.3 Å². The lowest BCUT2D eigenvalue weighted by molar-refractivity contribution is -0.379. The summed E-state index contributed by atoms with van der Waals surface area (Å²) < 4.78 is 34.6. The van der Waals surface area contributed by atoms with Gasteiger partial charge in [-0.3, -0.25) is 4.79 Å². The third-order valence-electron chi connectivity index (χ3n) is 22.3. The normalized spacial score (nSPS) is 25.9. The molecule has 3 rings (SSSR count). The molecule has 19 heteroatoms. The van der Waals surface area contributed by atoms with Gasteiger partial charge >= 0.3 is 0 Å². The summed E-state index contributed by atoms with van der Waals surface area (Å²) in [4.78, 5) is 13.5. The predicted octanol–water partition coefficient (Wildman–Crippen LogP) is 15.9. The molecule has 17 atom stereocenters. The Hall–Kier alpha value is -1.47. The molecule has 3 fully saturated rings. The summed E-state index contributed by atoms with van der Waals surface area (Å²) in [6.45, 7) is 1.87. The molecule has 0 aromatic heterocycles. The second-order valence-corrected chi connectivity index (χ2v) is 31.7. The number of ether oxygens (including phenoxy) is 6. The van der Waals surface area contributed by atoms with Gasteiger partial charge in [0, 0.05) is 6.42 Å². The van der Waals surface area contributed by atoms with Crippen LogP contribution in [0.15, 0.2) is 12.2 Å². The van der Waals surface area contributed by atoms with Gasteiger partial charge in [0.25, 0.3) is 0 Å². The number of amides is 1. The van der Waals surface area contributed by atoms with E-state index >= 15 is 0 Å². The fraction of sp³-hybridized carbons (Fsp3) is 0.965. The van der Waals surface area contributed by atoms with E-state index < -0.39 is 124 Å². The molecule has 19 nitrogen and oxygen atoms in total. The quantitative estimate of drug-likeness (QED) is 0.0199. The molecule has 0 aliphatic carbocycles. The van der Waals surface area contributed by atoms with Crippen LogP contribution in [0.3, 0.4) is 0 Å². The first-order valence-electron chi connectivity index (χ1n) is 43.9. The zero-order chi connectivity index (χ0) is 75.3. The molecule has 1 amide bonds. The Morgan fingerprint density at radius 2 is 0.606 bits per heavy atom. The zero-order valence-corrected chi connectivity index (χ0v) is 66.3. The smallest absolute Gasteiger partial charge is 0.220 e. The second kappa shape index (κ2) is 66.2. The van der Waals surface area contributed by atoms with Gasteiger partial charge in [0.2, 0.25) is 5.91 Å². The van der Waals surface area contributed by atoms with Crippen molar-refractivity contribution in [1.29, 1.82) is 0 Å². The molecular weight excluding hydrogens is 1320 g/mol. The summed E-state index contributed by atoms with van der Waals surface area (Å²) in [6, 6.07) is -0.884. The van der Waals surface area contributed by atoms with Crippen LogP contribution in [0.25, 0.3) is 0 Å². The Balaban J connectivity index is 1.29. The summed E-state index contributed by atoms with van der Waals surface area (Å²) in [6.07, 6.45) is 53.3. The van der Waals surface area contributed by atoms with Crippen molar-refractivity contribution in [2.45, 2.75) is 497 Å². The van der Waals surface area contributed by atoms with Crippen molar-refractivity contribution in [3.63, 3.8) is 0 Å². The number of carbonyl (C=O) groups excluding carboxylic acids is 1. The van der Waals surface area contributed by atoms with Crippen LogP contribution in [-0.4, -0.2) is 193 Å². The Labute approximate surface area is 633 Å². The van der Waals surface area contributed by atoms with Crippen molar-refractivity contribution in [2.75, 3.05) is 26.4 Å². The molecule has 0 aromatic carbocycles. The monoisotopic (exact) mass is 1490 g/mol. The summed E-state index contributed by atoms with van der Waals surface area (Å²) in [7, 11) is 0. The molecule has 104 heavy (non-hydrogen) atoms. The van der Waals surface area contributed by atoms with Gasteiger partial charge in [0.15, 0.2) is 18.9 Å². The first-order valence-corrected chi connectivity index (χ1v) is 43.9. The highest BCUT2D eigenvalue weighted by Gasteiger charge is 2.54. The highest BCUT2D eigenvalue weighted by molar-refractivity contribution is 5.76. The van der Waals surface area contributed by atoms with Gasteiger partial charge in [0.05, 0.1) is 38.6 Å². The number of nitrogens with one attached hydrogen (secondary N) is 1. The van der Waals surface area contributed by atoms with Crippen molar-refractivity contribution in [1.82, 2.24) is 5.32 Å². The Morgan fingerprint density at radius 1 is 0.337 bits per heavy atom. The second-order valence-electron chi connectivity index (χ2n) is 31.7. The molecular formula is C85H163NO18. The van der Waals surface area contributed by atoms with Gasteiger partial charge in [-0.05, 0) is 38.5 Å². The Bertz CT molecular complexity index is 1920. The van der Waals surface area contributed by atoms with E-state index in [-0.39, 0.29) is 18.9 Å². The molecule has 17 unspecified atom stereocenters. The third kappa shape index (κ3) is 45.1. The number of allylic oxidation sites excluding steroid dienone is 2. The van der Waals surface area contributed by atoms with Gasteiger partial charge in [0.1, 0.15) is 73.2 Å². The maximum atomic E-state index is 13.5. The number of hydrogen-bond donors (Lipinski definition) is 12. The van der Waals surface area contributed by atoms with Gasteiger partial charge in [-0.2, -0.15) is 0 Å². The highest BCUT2D eigenvalue weighted by Crippen LogP contribution is 2.34. The lowest BCUT2D eigenvalue weighted by atomic mass is 9.96. The average molecular weight is 1490 g/mol. The molecule has 0 bridgehead atoms. The summed E-state index contributed by atoms with van der Waals surface area (Å²) >= 11 is 0. The maximum absolute atomic E-state index is 13.5. The van der Waals surface area contributed by atoms with Crippen molar-refractivity contribution in [2.24, 2.45) is 0 Å². The zero-order valence-electron chi connectivity index (χ0n) is 66.3. The van der Waals surface area contributed by atoms with Crippen LogP contribution < -0.4 is 5.32 Å². The molecule has 12 N–H and O–H groups in total. The molecule has 3 aliphatic rings. The number of unbranched alkanes of at least 4 members (excludes halogenated alkanes) is 54. The van der Waals surface area contributed by atoms with E-state index in [1.807, 2.05) is 0 Å². The average Bonchev–Trinajstić information content (AvgIpc) is 0.783. The minimum Gasteiger partial charge on any atom is -0.394 e. The van der Waals surface area contributed by atoms with Crippen LogP contribution in [0.1, 0.15) is 393 Å². The molecule has 616 valence electrons. The number of aliphatic hydroxyl groups is 11. The van der Waals surface area contributed by atoms with Crippen molar-refractivity contribution in [3.05, 3.63) is 12.2 Å². The number of aliphatic hydroxyl groups excluding tert-OH is 11. The number of carbonyl (C=O) groups is 1. The standard InChI is InChI=1S/C85H163NO18/c1-3-5-7-9-11-13-15-17-19-21-23-25-26-27-28-29-30-31-32-33-34-35-36-37-38-39-40-41-42-43-45-47-49-51-53-55-57-59-61-63-73(91)86-68(69(90)62-60-58-56-54-52-50-48-46-44-24-22-20-18-16-14-12-10-8-6-4-2)67-99-83-79(97)76(94)81(71(65-88)101-83)104-85-80(98)77(95)82(72(66-89)102-85)103-84-78(96)75(93)74(92)70(64-87)100-84/h21,23,68-72,74-85,87-90,92-98H,3-20,22,24-67H2,1-2H3,(H,86,91)/b23-21-. The van der Waals surface area contributed by atoms with E-state index in [0.29, 0.717) is 12.8 Å². The van der Waals surface area contributed by atoms with Crippen LogP contribution in [-0.2, 0) is 33.2 Å². The molecule has 0 saturated carbocycles. The lowest BCUT2D eigenvalue weighted by Gasteiger charge is -2.48. The van der Waals surface area contributed by atoms with Crippen LogP contribution in [0.2, 0.25) is 0 Å². The maximum Gasteiger partial charge on any atom is 0.220 e. The van der Waals surface area contributed by atoms with E-state index in [1.165, 1.54) is 315 Å². The molecule has 0 radical (unpaired) electrons. The van der Waals surface area contributed by atoms with Gasteiger partial charge in [-0.1, -0.05) is 360 Å². The number of rotatable bonds is 72. The van der Waals surface area contributed by atoms with E-state index in [9.17, 15) is 61.0 Å². The first-order chi connectivity index (χ1) is 50.8. The summed E-state index contributed by atoms with van der Waals surface area (Å²) in [5.74, 6) is -0.233. The molecule has 3 heterocycles. The van der Waals surface area contributed by atoms with Crippen molar-refractivity contribution >= 4 is 5.91 Å².